The molecule has 1 heterocycles. The van der Waals surface area contributed by atoms with Gasteiger partial charge in [0.15, 0.2) is 11.6 Å². The summed E-state index contributed by atoms with van der Waals surface area (Å²) in [7, 11) is 1.29. The number of benzene rings is 1. The lowest BCUT2D eigenvalue weighted by Crippen LogP contribution is -2.10. The summed E-state index contributed by atoms with van der Waals surface area (Å²) in [5, 5.41) is 17.7. The molecule has 2 aromatic rings. The summed E-state index contributed by atoms with van der Waals surface area (Å²) in [6, 6.07) is 1.82. The Morgan fingerprint density at radius 1 is 1.45 bits per heavy atom. The minimum atomic E-state index is -0.730. The quantitative estimate of drug-likeness (QED) is 0.671. The number of halogens is 1. The topological polar surface area (TPSA) is 90.4 Å². The molecule has 0 spiro atoms. The van der Waals surface area contributed by atoms with Crippen molar-refractivity contribution in [2.75, 3.05) is 12.4 Å². The molecule has 0 saturated heterocycles. The number of anilines is 1. The van der Waals surface area contributed by atoms with Crippen LogP contribution in [0.4, 0.5) is 15.8 Å². The van der Waals surface area contributed by atoms with E-state index in [1.807, 2.05) is 6.92 Å². The van der Waals surface area contributed by atoms with Gasteiger partial charge < -0.3 is 14.6 Å². The number of nitro benzene ring substituents is 1. The number of rotatable bonds is 5. The number of nitrogens with one attached hydrogen (secondary N) is 1. The number of ether oxygens (including phenoxy) is 1. The normalized spacial score (nSPS) is 12.0. The predicted molar refractivity (Wildman–Crippen MR) is 77.6 cm³/mol. The molecule has 118 valence electrons. The van der Waals surface area contributed by atoms with Gasteiger partial charge >= 0.3 is 5.69 Å². The Labute approximate surface area is 126 Å². The lowest BCUT2D eigenvalue weighted by atomic mass is 10.1. The fourth-order valence-electron chi connectivity index (χ4n) is 2.37. The molecule has 0 fully saturated rings. The molecule has 0 bridgehead atoms. The first kappa shape index (κ1) is 15.7. The van der Waals surface area contributed by atoms with E-state index in [2.05, 4.69) is 10.5 Å². The van der Waals surface area contributed by atoms with Crippen molar-refractivity contribution in [3.05, 3.63) is 45.1 Å². The smallest absolute Gasteiger partial charge is 0.313 e. The molecule has 0 aliphatic heterocycles. The second-order valence-corrected chi connectivity index (χ2v) is 4.86. The Bertz CT molecular complexity index is 695. The van der Waals surface area contributed by atoms with Gasteiger partial charge in [-0.3, -0.25) is 10.1 Å². The molecule has 8 heteroatoms. The van der Waals surface area contributed by atoms with Crippen molar-refractivity contribution in [1.82, 2.24) is 5.16 Å². The minimum absolute atomic E-state index is 0.0140. The maximum Gasteiger partial charge on any atom is 0.313 e. The van der Waals surface area contributed by atoms with Crippen LogP contribution in [0.3, 0.4) is 0 Å². The average molecular weight is 309 g/mol. The Hall–Kier alpha value is -2.64. The van der Waals surface area contributed by atoms with Crippen molar-refractivity contribution >= 4 is 11.4 Å². The fourth-order valence-corrected chi connectivity index (χ4v) is 2.37. The van der Waals surface area contributed by atoms with Gasteiger partial charge in [-0.25, -0.2) is 4.39 Å². The first-order valence-corrected chi connectivity index (χ1v) is 6.56. The second-order valence-electron chi connectivity index (χ2n) is 4.86. The van der Waals surface area contributed by atoms with Crippen LogP contribution in [0.15, 0.2) is 16.7 Å². The molecule has 1 aromatic carbocycles. The number of aromatic nitrogens is 1. The number of hydrogen-bond acceptors (Lipinski definition) is 6. The molecule has 1 atom stereocenters. The Balaban J connectivity index is 2.36. The number of aryl methyl sites for hydroxylation is 2. The van der Waals surface area contributed by atoms with Crippen molar-refractivity contribution < 1.29 is 18.6 Å². The summed E-state index contributed by atoms with van der Waals surface area (Å²) >= 11 is 0. The van der Waals surface area contributed by atoms with Crippen molar-refractivity contribution in [3.8, 4) is 5.75 Å². The summed E-state index contributed by atoms with van der Waals surface area (Å²) < 4.78 is 24.1. The Morgan fingerprint density at radius 2 is 2.14 bits per heavy atom. The van der Waals surface area contributed by atoms with Crippen LogP contribution < -0.4 is 10.1 Å². The third-order valence-corrected chi connectivity index (χ3v) is 3.36. The van der Waals surface area contributed by atoms with Gasteiger partial charge in [-0.2, -0.15) is 0 Å². The zero-order valence-electron chi connectivity index (χ0n) is 12.6. The molecule has 22 heavy (non-hydrogen) atoms. The minimum Gasteiger partial charge on any atom is -0.490 e. The highest BCUT2D eigenvalue weighted by atomic mass is 19.1. The standard InChI is InChI=1S/C14H16FN3O4/c1-7(14-8(2)17-22-9(14)3)16-11-6-13(21-4)12(18(19)20)5-10(11)15/h5-7,16H,1-4H3/t7-/m1/s1. The van der Waals surface area contributed by atoms with Crippen LogP contribution in [0.2, 0.25) is 0 Å². The molecule has 1 N–H and O–H groups in total. The van der Waals surface area contributed by atoms with E-state index in [1.54, 1.807) is 13.8 Å². The first-order chi connectivity index (χ1) is 10.3. The van der Waals surface area contributed by atoms with Gasteiger partial charge in [0, 0.05) is 11.6 Å². The van der Waals surface area contributed by atoms with Crippen molar-refractivity contribution in [1.29, 1.82) is 0 Å². The van der Waals surface area contributed by atoms with Gasteiger partial charge in [-0.1, -0.05) is 5.16 Å². The second kappa shape index (κ2) is 6.00. The maximum atomic E-state index is 14.1. The summed E-state index contributed by atoms with van der Waals surface area (Å²) in [5.41, 5.74) is 1.20. The largest absolute Gasteiger partial charge is 0.490 e. The molecule has 0 aliphatic rings. The van der Waals surface area contributed by atoms with Gasteiger partial charge in [0.05, 0.1) is 35.5 Å². The van der Waals surface area contributed by atoms with E-state index in [1.165, 1.54) is 13.2 Å². The van der Waals surface area contributed by atoms with Crippen LogP contribution in [-0.2, 0) is 0 Å². The molecule has 0 radical (unpaired) electrons. The van der Waals surface area contributed by atoms with E-state index in [-0.39, 0.29) is 17.5 Å². The summed E-state index contributed by atoms with van der Waals surface area (Å²) in [6.45, 7) is 5.37. The third kappa shape index (κ3) is 2.85. The van der Waals surface area contributed by atoms with Crippen LogP contribution in [0, 0.1) is 29.8 Å². The number of hydrogen-bond donors (Lipinski definition) is 1. The summed E-state index contributed by atoms with van der Waals surface area (Å²) in [5.74, 6) is -0.113. The predicted octanol–water partition coefficient (Wildman–Crippen LogP) is 3.52. The molecule has 7 nitrogen and oxygen atoms in total. The van der Waals surface area contributed by atoms with Gasteiger partial charge in [-0.05, 0) is 20.8 Å². The zero-order valence-corrected chi connectivity index (χ0v) is 12.6. The number of nitro groups is 1. The monoisotopic (exact) mass is 309 g/mol. The van der Waals surface area contributed by atoms with E-state index < -0.39 is 16.4 Å². The molecular weight excluding hydrogens is 293 g/mol. The van der Waals surface area contributed by atoms with Crippen LogP contribution in [0.1, 0.15) is 30.0 Å². The molecule has 0 amide bonds. The number of methoxy groups -OCH3 is 1. The molecule has 0 saturated carbocycles. The molecule has 0 unspecified atom stereocenters. The third-order valence-electron chi connectivity index (χ3n) is 3.36. The lowest BCUT2D eigenvalue weighted by Gasteiger charge is -2.16. The van der Waals surface area contributed by atoms with E-state index in [0.29, 0.717) is 11.5 Å². The van der Waals surface area contributed by atoms with Crippen molar-refractivity contribution in [3.63, 3.8) is 0 Å². The van der Waals surface area contributed by atoms with Crippen LogP contribution in [0.25, 0.3) is 0 Å². The van der Waals surface area contributed by atoms with Gasteiger partial charge in [-0.15, -0.1) is 0 Å². The van der Waals surface area contributed by atoms with E-state index in [9.17, 15) is 14.5 Å². The average Bonchev–Trinajstić information content (AvgIpc) is 2.79. The van der Waals surface area contributed by atoms with Crippen LogP contribution >= 0.6 is 0 Å². The van der Waals surface area contributed by atoms with E-state index in [0.717, 1.165) is 11.6 Å². The first-order valence-electron chi connectivity index (χ1n) is 6.56. The van der Waals surface area contributed by atoms with Gasteiger partial charge in [0.2, 0.25) is 0 Å². The highest BCUT2D eigenvalue weighted by Crippen LogP contribution is 2.34. The summed E-state index contributed by atoms with van der Waals surface area (Å²) in [6.07, 6.45) is 0. The Kier molecular flexibility index (Phi) is 4.30. The lowest BCUT2D eigenvalue weighted by molar-refractivity contribution is -0.385. The van der Waals surface area contributed by atoms with Crippen molar-refractivity contribution in [2.45, 2.75) is 26.8 Å². The van der Waals surface area contributed by atoms with Crippen LogP contribution in [-0.4, -0.2) is 17.2 Å². The van der Waals surface area contributed by atoms with Crippen molar-refractivity contribution in [2.24, 2.45) is 0 Å². The maximum absolute atomic E-state index is 14.1. The Morgan fingerprint density at radius 3 is 2.64 bits per heavy atom. The highest BCUT2D eigenvalue weighted by Gasteiger charge is 2.22. The highest BCUT2D eigenvalue weighted by molar-refractivity contribution is 5.59. The van der Waals surface area contributed by atoms with E-state index in [4.69, 9.17) is 9.26 Å². The van der Waals surface area contributed by atoms with Crippen LogP contribution in [0.5, 0.6) is 5.75 Å². The number of nitrogens with zero attached hydrogens (tertiary/aromatic N) is 2. The SMILES string of the molecule is COc1cc(N[C@H](C)c2c(C)noc2C)c(F)cc1[N+](=O)[O-]. The van der Waals surface area contributed by atoms with E-state index >= 15 is 0 Å². The molecular formula is C14H16FN3O4. The molecule has 0 aliphatic carbocycles. The molecule has 2 rings (SSSR count). The summed E-state index contributed by atoms with van der Waals surface area (Å²) in [4.78, 5) is 10.2. The zero-order chi connectivity index (χ0) is 16.4. The van der Waals surface area contributed by atoms with Gasteiger partial charge in [0.25, 0.3) is 0 Å². The molecule has 1 aromatic heterocycles. The fraction of sp³-hybridized carbons (Fsp3) is 0.357. The van der Waals surface area contributed by atoms with Gasteiger partial charge in [0.1, 0.15) is 5.76 Å².